The second kappa shape index (κ2) is 6.37. The third-order valence-electron chi connectivity index (χ3n) is 4.43. The van der Waals surface area contributed by atoms with Crippen LogP contribution in [0.5, 0.6) is 5.75 Å². The second-order valence-electron chi connectivity index (χ2n) is 6.09. The van der Waals surface area contributed by atoms with Gasteiger partial charge in [0.25, 0.3) is 0 Å². The molecule has 0 atom stereocenters. The van der Waals surface area contributed by atoms with Gasteiger partial charge in [-0.15, -0.1) is 0 Å². The van der Waals surface area contributed by atoms with Crippen molar-refractivity contribution in [3.05, 3.63) is 23.8 Å². The molecule has 0 amide bonds. The van der Waals surface area contributed by atoms with Crippen molar-refractivity contribution in [2.75, 3.05) is 5.73 Å². The Labute approximate surface area is 125 Å². The maximum Gasteiger partial charge on any atom is 0.340 e. The van der Waals surface area contributed by atoms with Crippen LogP contribution in [0.2, 0.25) is 0 Å². The molecule has 0 saturated heterocycles. The lowest BCUT2D eigenvalue weighted by Gasteiger charge is -2.16. The monoisotopic (exact) mass is 289 g/mol. The zero-order chi connectivity index (χ0) is 14.7. The Balaban J connectivity index is 1.69. The molecule has 114 valence electrons. The molecule has 21 heavy (non-hydrogen) atoms. The van der Waals surface area contributed by atoms with E-state index in [1.165, 1.54) is 12.8 Å². The molecular formula is C17H23NO3. The van der Waals surface area contributed by atoms with Gasteiger partial charge in [0.1, 0.15) is 11.9 Å². The first-order valence-corrected chi connectivity index (χ1v) is 7.99. The van der Waals surface area contributed by atoms with Gasteiger partial charge >= 0.3 is 5.97 Å². The second-order valence-corrected chi connectivity index (χ2v) is 6.09. The molecule has 3 rings (SSSR count). The molecule has 2 fully saturated rings. The predicted octanol–water partition coefficient (Wildman–Crippen LogP) is 3.69. The van der Waals surface area contributed by atoms with E-state index >= 15 is 0 Å². The number of hydrogen-bond donors (Lipinski definition) is 1. The van der Waals surface area contributed by atoms with Crippen LogP contribution in [-0.4, -0.2) is 18.2 Å². The van der Waals surface area contributed by atoms with E-state index in [4.69, 9.17) is 15.2 Å². The van der Waals surface area contributed by atoms with Gasteiger partial charge in [-0.25, -0.2) is 4.79 Å². The zero-order valence-corrected chi connectivity index (χ0v) is 12.3. The van der Waals surface area contributed by atoms with E-state index in [0.717, 1.165) is 44.3 Å². The molecule has 2 aliphatic rings. The quantitative estimate of drug-likeness (QED) is 0.678. The van der Waals surface area contributed by atoms with Crippen molar-refractivity contribution in [1.29, 1.82) is 0 Å². The highest BCUT2D eigenvalue weighted by Gasteiger charge is 2.22. The van der Waals surface area contributed by atoms with E-state index in [0.29, 0.717) is 11.3 Å². The Bertz CT molecular complexity index is 503. The Hall–Kier alpha value is -1.71. The number of rotatable bonds is 4. The number of carbonyl (C=O) groups excluding carboxylic acids is 1. The molecule has 4 heteroatoms. The van der Waals surface area contributed by atoms with Gasteiger partial charge in [0.15, 0.2) is 0 Å². The highest BCUT2D eigenvalue weighted by molar-refractivity contribution is 5.95. The summed E-state index contributed by atoms with van der Waals surface area (Å²) in [7, 11) is 0. The molecule has 2 N–H and O–H groups in total. The maximum atomic E-state index is 12.3. The molecule has 2 aliphatic carbocycles. The average Bonchev–Trinajstić information content (AvgIpc) is 3.14. The van der Waals surface area contributed by atoms with Crippen LogP contribution in [0.3, 0.4) is 0 Å². The lowest BCUT2D eigenvalue weighted by atomic mass is 10.1. The Kier molecular flexibility index (Phi) is 4.32. The average molecular weight is 289 g/mol. The first-order valence-electron chi connectivity index (χ1n) is 7.99. The van der Waals surface area contributed by atoms with Crippen LogP contribution in [0.4, 0.5) is 5.69 Å². The number of nitrogens with two attached hydrogens (primary N) is 1. The summed E-state index contributed by atoms with van der Waals surface area (Å²) in [5, 5.41) is 0. The SMILES string of the molecule is Nc1ccc(OC2CCCC2)cc1C(=O)OC1CCCC1. The summed E-state index contributed by atoms with van der Waals surface area (Å²) in [5.74, 6) is 0.394. The highest BCUT2D eigenvalue weighted by atomic mass is 16.5. The van der Waals surface area contributed by atoms with Gasteiger partial charge in [-0.1, -0.05) is 0 Å². The molecule has 1 aromatic rings. The molecule has 2 saturated carbocycles. The summed E-state index contributed by atoms with van der Waals surface area (Å²) in [4.78, 5) is 12.3. The van der Waals surface area contributed by atoms with Gasteiger partial charge in [0.05, 0.1) is 11.7 Å². The number of ether oxygens (including phenoxy) is 2. The fourth-order valence-electron chi connectivity index (χ4n) is 3.21. The van der Waals surface area contributed by atoms with Crippen LogP contribution in [0.15, 0.2) is 18.2 Å². The fraction of sp³-hybridized carbons (Fsp3) is 0.588. The van der Waals surface area contributed by atoms with Gasteiger partial charge in [-0.05, 0) is 69.6 Å². The zero-order valence-electron chi connectivity index (χ0n) is 12.3. The van der Waals surface area contributed by atoms with Crippen LogP contribution < -0.4 is 10.5 Å². The van der Waals surface area contributed by atoms with Crippen molar-refractivity contribution in [2.45, 2.75) is 63.6 Å². The molecule has 0 aromatic heterocycles. The summed E-state index contributed by atoms with van der Waals surface area (Å²) in [6.45, 7) is 0. The molecule has 0 radical (unpaired) electrons. The van der Waals surface area contributed by atoms with Crippen molar-refractivity contribution in [3.63, 3.8) is 0 Å². The number of benzene rings is 1. The van der Waals surface area contributed by atoms with Crippen molar-refractivity contribution in [2.24, 2.45) is 0 Å². The van der Waals surface area contributed by atoms with Crippen LogP contribution in [0.1, 0.15) is 61.7 Å². The smallest absolute Gasteiger partial charge is 0.340 e. The van der Waals surface area contributed by atoms with Gasteiger partial charge < -0.3 is 15.2 Å². The van der Waals surface area contributed by atoms with Crippen molar-refractivity contribution in [1.82, 2.24) is 0 Å². The lowest BCUT2D eigenvalue weighted by Crippen LogP contribution is -2.17. The van der Waals surface area contributed by atoms with Crippen molar-refractivity contribution in [3.8, 4) is 5.75 Å². The summed E-state index contributed by atoms with van der Waals surface area (Å²) in [6.07, 6.45) is 9.14. The summed E-state index contributed by atoms with van der Waals surface area (Å²) in [6, 6.07) is 5.29. The van der Waals surface area contributed by atoms with E-state index in [1.54, 1.807) is 12.1 Å². The Morgan fingerprint density at radius 2 is 1.62 bits per heavy atom. The molecule has 0 heterocycles. The normalized spacial score (nSPS) is 19.8. The van der Waals surface area contributed by atoms with E-state index in [-0.39, 0.29) is 18.2 Å². The number of carbonyl (C=O) groups is 1. The molecule has 0 spiro atoms. The molecule has 1 aromatic carbocycles. The minimum atomic E-state index is -0.323. The molecule has 0 aliphatic heterocycles. The first-order chi connectivity index (χ1) is 10.2. The van der Waals surface area contributed by atoms with E-state index in [9.17, 15) is 4.79 Å². The predicted molar refractivity (Wildman–Crippen MR) is 81.4 cm³/mol. The van der Waals surface area contributed by atoms with E-state index in [1.807, 2.05) is 6.07 Å². The van der Waals surface area contributed by atoms with Crippen LogP contribution in [0.25, 0.3) is 0 Å². The summed E-state index contributed by atoms with van der Waals surface area (Å²) < 4.78 is 11.5. The number of hydrogen-bond acceptors (Lipinski definition) is 4. The van der Waals surface area contributed by atoms with Crippen LogP contribution in [0, 0.1) is 0 Å². The number of anilines is 1. The minimum absolute atomic E-state index is 0.0521. The topological polar surface area (TPSA) is 61.5 Å². The summed E-state index contributed by atoms with van der Waals surface area (Å²) in [5.41, 5.74) is 6.80. The minimum Gasteiger partial charge on any atom is -0.490 e. The van der Waals surface area contributed by atoms with Gasteiger partial charge in [0, 0.05) is 5.69 Å². The van der Waals surface area contributed by atoms with Crippen LogP contribution in [-0.2, 0) is 4.74 Å². The molecule has 0 bridgehead atoms. The first kappa shape index (κ1) is 14.2. The molecular weight excluding hydrogens is 266 g/mol. The third-order valence-corrected chi connectivity index (χ3v) is 4.43. The lowest BCUT2D eigenvalue weighted by molar-refractivity contribution is 0.0318. The van der Waals surface area contributed by atoms with E-state index in [2.05, 4.69) is 0 Å². The van der Waals surface area contributed by atoms with Crippen LogP contribution >= 0.6 is 0 Å². The molecule has 4 nitrogen and oxygen atoms in total. The van der Waals surface area contributed by atoms with Gasteiger partial charge in [-0.3, -0.25) is 0 Å². The van der Waals surface area contributed by atoms with Crippen molar-refractivity contribution < 1.29 is 14.3 Å². The Morgan fingerprint density at radius 3 is 2.29 bits per heavy atom. The van der Waals surface area contributed by atoms with E-state index < -0.39 is 0 Å². The summed E-state index contributed by atoms with van der Waals surface area (Å²) >= 11 is 0. The van der Waals surface area contributed by atoms with Gasteiger partial charge in [-0.2, -0.15) is 0 Å². The highest BCUT2D eigenvalue weighted by Crippen LogP contribution is 2.28. The number of nitrogen functional groups attached to an aromatic ring is 1. The fourth-order valence-corrected chi connectivity index (χ4v) is 3.21. The standard InChI is InChI=1S/C17H23NO3/c18-16-10-9-14(20-12-5-1-2-6-12)11-15(16)17(19)21-13-7-3-4-8-13/h9-13H,1-8,18H2. The molecule has 0 unspecified atom stereocenters. The largest absolute Gasteiger partial charge is 0.490 e. The number of esters is 1. The Morgan fingerprint density at radius 1 is 1.00 bits per heavy atom. The van der Waals surface area contributed by atoms with Gasteiger partial charge in [0.2, 0.25) is 0 Å². The third kappa shape index (κ3) is 3.49. The maximum absolute atomic E-state index is 12.3. The van der Waals surface area contributed by atoms with Crippen molar-refractivity contribution >= 4 is 11.7 Å².